The van der Waals surface area contributed by atoms with Gasteiger partial charge in [0.05, 0.1) is 17.9 Å². The van der Waals surface area contributed by atoms with Crippen LogP contribution in [0.5, 0.6) is 0 Å². The van der Waals surface area contributed by atoms with Gasteiger partial charge in [0.2, 0.25) is 0 Å². The predicted octanol–water partition coefficient (Wildman–Crippen LogP) is 3.13. The molecule has 7 nitrogen and oxygen atoms in total. The summed E-state index contributed by atoms with van der Waals surface area (Å²) < 4.78 is 53.0. The zero-order valence-corrected chi connectivity index (χ0v) is 17.7. The number of carbonyl (C=O) groups is 1. The second-order valence-corrected chi connectivity index (χ2v) is 7.66. The third-order valence-corrected chi connectivity index (χ3v) is 5.46. The van der Waals surface area contributed by atoms with E-state index in [9.17, 15) is 27.5 Å². The Morgan fingerprint density at radius 2 is 1.97 bits per heavy atom. The Kier molecular flexibility index (Phi) is 6.49. The first-order chi connectivity index (χ1) is 16.2. The van der Waals surface area contributed by atoms with E-state index in [-0.39, 0.29) is 30.3 Å². The molecule has 34 heavy (non-hydrogen) atoms. The molecule has 1 unspecified atom stereocenters. The van der Waals surface area contributed by atoms with E-state index < -0.39 is 23.7 Å². The van der Waals surface area contributed by atoms with Crippen molar-refractivity contribution in [3.8, 4) is 0 Å². The van der Waals surface area contributed by atoms with Crippen molar-refractivity contribution in [2.75, 3.05) is 24.6 Å². The van der Waals surface area contributed by atoms with Gasteiger partial charge in [0.15, 0.2) is 0 Å². The van der Waals surface area contributed by atoms with E-state index in [0.717, 1.165) is 18.0 Å². The van der Waals surface area contributed by atoms with Crippen molar-refractivity contribution in [3.05, 3.63) is 82.6 Å². The van der Waals surface area contributed by atoms with Crippen molar-refractivity contribution < 1.29 is 32.6 Å². The molecule has 3 aromatic rings. The number of amides is 1. The standard InChI is InChI=1S/C23H20F4N4O3/c24-15-9-13(8-14(10-15)23(25,26)27)21(33)18-11-20(30-12-29-18)31-6-4-16-17(2-1-3-19(16)31)22(34)28-5-7-32/h1-3,8-12,21,32-33H,4-7H2,(H,28,34). The SMILES string of the molecule is O=C(NCCO)c1cccc2c1CCN2c1cc(C(O)c2cc(F)cc(C(F)(F)F)c2)ncn1. The number of benzene rings is 2. The highest BCUT2D eigenvalue weighted by Crippen LogP contribution is 2.37. The molecule has 4 rings (SSSR count). The maximum Gasteiger partial charge on any atom is 0.416 e. The fraction of sp³-hybridized carbons (Fsp3) is 0.261. The molecule has 0 radical (unpaired) electrons. The van der Waals surface area contributed by atoms with Gasteiger partial charge in [-0.25, -0.2) is 14.4 Å². The minimum atomic E-state index is -4.77. The van der Waals surface area contributed by atoms with Crippen LogP contribution < -0.4 is 10.2 Å². The van der Waals surface area contributed by atoms with Crippen LogP contribution >= 0.6 is 0 Å². The first-order valence-corrected chi connectivity index (χ1v) is 10.3. The van der Waals surface area contributed by atoms with Crippen LogP contribution in [0.1, 0.15) is 38.8 Å². The minimum Gasteiger partial charge on any atom is -0.395 e. The topological polar surface area (TPSA) is 98.6 Å². The van der Waals surface area contributed by atoms with Gasteiger partial charge in [-0.3, -0.25) is 4.79 Å². The number of anilines is 2. The molecule has 0 bridgehead atoms. The lowest BCUT2D eigenvalue weighted by Crippen LogP contribution is -2.27. The summed E-state index contributed by atoms with van der Waals surface area (Å²) in [4.78, 5) is 22.4. The van der Waals surface area contributed by atoms with Gasteiger partial charge in [0, 0.05) is 30.4 Å². The molecule has 1 amide bonds. The van der Waals surface area contributed by atoms with Gasteiger partial charge in [-0.2, -0.15) is 13.2 Å². The van der Waals surface area contributed by atoms with Crippen LogP contribution in [0.2, 0.25) is 0 Å². The molecule has 1 atom stereocenters. The van der Waals surface area contributed by atoms with Crippen molar-refractivity contribution in [2.24, 2.45) is 0 Å². The van der Waals surface area contributed by atoms with E-state index in [1.807, 2.05) is 0 Å². The summed E-state index contributed by atoms with van der Waals surface area (Å²) in [5.41, 5.74) is 0.439. The van der Waals surface area contributed by atoms with Crippen LogP contribution in [0.3, 0.4) is 0 Å². The number of fused-ring (bicyclic) bond motifs is 1. The fourth-order valence-corrected chi connectivity index (χ4v) is 3.91. The highest BCUT2D eigenvalue weighted by Gasteiger charge is 2.32. The van der Waals surface area contributed by atoms with Crippen molar-refractivity contribution >= 4 is 17.4 Å². The molecule has 1 aliphatic heterocycles. The van der Waals surface area contributed by atoms with E-state index >= 15 is 0 Å². The molecule has 178 valence electrons. The first-order valence-electron chi connectivity index (χ1n) is 10.3. The normalized spacial score (nSPS) is 14.1. The molecule has 0 spiro atoms. The van der Waals surface area contributed by atoms with Crippen LogP contribution in [-0.2, 0) is 12.6 Å². The fourth-order valence-electron chi connectivity index (χ4n) is 3.91. The highest BCUT2D eigenvalue weighted by atomic mass is 19.4. The summed E-state index contributed by atoms with van der Waals surface area (Å²) in [6.07, 6.45) is -4.70. The lowest BCUT2D eigenvalue weighted by molar-refractivity contribution is -0.137. The van der Waals surface area contributed by atoms with Gasteiger partial charge in [-0.05, 0) is 47.9 Å². The average molecular weight is 476 g/mol. The molecular weight excluding hydrogens is 456 g/mol. The van der Waals surface area contributed by atoms with Crippen LogP contribution in [0, 0.1) is 5.82 Å². The van der Waals surface area contributed by atoms with Gasteiger partial charge >= 0.3 is 6.18 Å². The van der Waals surface area contributed by atoms with E-state index in [1.165, 1.54) is 6.07 Å². The van der Waals surface area contributed by atoms with Crippen LogP contribution in [0.15, 0.2) is 48.8 Å². The molecule has 0 saturated heterocycles. The summed E-state index contributed by atoms with van der Waals surface area (Å²) in [5, 5.41) is 22.2. The van der Waals surface area contributed by atoms with Crippen LogP contribution in [0.4, 0.5) is 29.1 Å². The Morgan fingerprint density at radius 1 is 1.18 bits per heavy atom. The van der Waals surface area contributed by atoms with Gasteiger partial charge in [-0.15, -0.1) is 0 Å². The van der Waals surface area contributed by atoms with Crippen molar-refractivity contribution in [2.45, 2.75) is 18.7 Å². The Balaban J connectivity index is 1.64. The Bertz CT molecular complexity index is 1220. The van der Waals surface area contributed by atoms with Crippen molar-refractivity contribution in [3.63, 3.8) is 0 Å². The molecule has 0 saturated carbocycles. The zero-order chi connectivity index (χ0) is 24.5. The average Bonchev–Trinajstić information content (AvgIpc) is 3.25. The number of hydrogen-bond acceptors (Lipinski definition) is 6. The number of alkyl halides is 3. The quantitative estimate of drug-likeness (QED) is 0.473. The summed E-state index contributed by atoms with van der Waals surface area (Å²) in [6, 6.07) is 8.45. The van der Waals surface area contributed by atoms with E-state index in [1.54, 1.807) is 23.1 Å². The number of carbonyl (C=O) groups excluding carboxylic acids is 1. The molecular formula is C23H20F4N4O3. The summed E-state index contributed by atoms with van der Waals surface area (Å²) in [7, 11) is 0. The number of nitrogens with zero attached hydrogens (tertiary/aromatic N) is 3. The van der Waals surface area contributed by atoms with Crippen LogP contribution in [0.25, 0.3) is 0 Å². The molecule has 2 heterocycles. The zero-order valence-electron chi connectivity index (χ0n) is 17.7. The smallest absolute Gasteiger partial charge is 0.395 e. The number of aromatic nitrogens is 2. The molecule has 0 fully saturated rings. The largest absolute Gasteiger partial charge is 0.416 e. The lowest BCUT2D eigenvalue weighted by atomic mass is 10.0. The van der Waals surface area contributed by atoms with Gasteiger partial charge in [0.1, 0.15) is 24.1 Å². The summed E-state index contributed by atoms with van der Waals surface area (Å²) in [5.74, 6) is -1.08. The number of aliphatic hydroxyl groups is 2. The van der Waals surface area contributed by atoms with Crippen molar-refractivity contribution in [1.29, 1.82) is 0 Å². The van der Waals surface area contributed by atoms with Gasteiger partial charge in [-0.1, -0.05) is 6.07 Å². The third-order valence-electron chi connectivity index (χ3n) is 5.46. The van der Waals surface area contributed by atoms with E-state index in [0.29, 0.717) is 42.2 Å². The Morgan fingerprint density at radius 3 is 2.71 bits per heavy atom. The molecule has 1 aliphatic rings. The number of hydrogen-bond donors (Lipinski definition) is 3. The second kappa shape index (κ2) is 9.35. The molecule has 3 N–H and O–H groups in total. The number of aliphatic hydroxyl groups excluding tert-OH is 2. The number of rotatable bonds is 6. The Labute approximate surface area is 191 Å². The predicted molar refractivity (Wildman–Crippen MR) is 114 cm³/mol. The highest BCUT2D eigenvalue weighted by molar-refractivity contribution is 5.98. The van der Waals surface area contributed by atoms with E-state index in [4.69, 9.17) is 5.11 Å². The van der Waals surface area contributed by atoms with Gasteiger partial charge in [0.25, 0.3) is 5.91 Å². The summed E-state index contributed by atoms with van der Waals surface area (Å²) in [6.45, 7) is 0.397. The van der Waals surface area contributed by atoms with Gasteiger partial charge < -0.3 is 20.4 Å². The van der Waals surface area contributed by atoms with E-state index in [2.05, 4.69) is 15.3 Å². The first kappa shape index (κ1) is 23.6. The van der Waals surface area contributed by atoms with Crippen molar-refractivity contribution in [1.82, 2.24) is 15.3 Å². The lowest BCUT2D eigenvalue weighted by Gasteiger charge is -2.20. The molecule has 11 heteroatoms. The second-order valence-electron chi connectivity index (χ2n) is 7.66. The molecule has 0 aliphatic carbocycles. The maximum absolute atomic E-state index is 13.8. The minimum absolute atomic E-state index is 0.00554. The maximum atomic E-state index is 13.8. The monoisotopic (exact) mass is 476 g/mol. The Hall–Kier alpha value is -3.57. The molecule has 2 aromatic carbocycles. The molecule has 1 aromatic heterocycles. The third kappa shape index (κ3) is 4.70. The van der Waals surface area contributed by atoms with Crippen LogP contribution in [-0.4, -0.2) is 45.8 Å². The number of nitrogens with one attached hydrogen (secondary N) is 1. The number of halogens is 4. The summed E-state index contributed by atoms with van der Waals surface area (Å²) >= 11 is 0.